The molecule has 3 saturated heterocycles. The molecule has 9 rings (SSSR count). The van der Waals surface area contributed by atoms with Crippen LogP contribution in [-0.4, -0.2) is 120 Å². The van der Waals surface area contributed by atoms with Crippen molar-refractivity contribution >= 4 is 45.8 Å². The molecule has 0 aliphatic carbocycles. The summed E-state index contributed by atoms with van der Waals surface area (Å²) in [6.07, 6.45) is 4.32. The zero-order valence-electron chi connectivity index (χ0n) is 39.1. The van der Waals surface area contributed by atoms with Crippen LogP contribution in [0, 0.1) is 18.8 Å². The fourth-order valence-electron chi connectivity index (χ4n) is 10.1. The number of carbonyl (C=O) groups is 2. The van der Waals surface area contributed by atoms with Gasteiger partial charge in [-0.05, 0) is 87.1 Å². The number of piperidine rings is 2. The Kier molecular flexibility index (Phi) is 13.9. The highest BCUT2D eigenvalue weighted by Crippen LogP contribution is 2.37. The third-order valence-electron chi connectivity index (χ3n) is 13.9. The number of hydrogen-bond donors (Lipinski definition) is 4. The van der Waals surface area contributed by atoms with E-state index in [1.807, 2.05) is 81.7 Å². The molecule has 354 valence electrons. The van der Waals surface area contributed by atoms with Gasteiger partial charge in [-0.1, -0.05) is 62.3 Å². The Labute approximate surface area is 395 Å². The van der Waals surface area contributed by atoms with Gasteiger partial charge in [0.1, 0.15) is 17.7 Å². The number of fused-ring (bicyclic) bond motifs is 1. The lowest BCUT2D eigenvalue weighted by Crippen LogP contribution is -2.48. The molecular formula is C50H63N11O5S. The second-order valence-electron chi connectivity index (χ2n) is 19.0. The first-order chi connectivity index (χ1) is 32.4. The molecule has 16 nitrogen and oxygen atoms in total. The molecule has 6 aromatic rings. The van der Waals surface area contributed by atoms with Gasteiger partial charge in [0.25, 0.3) is 0 Å². The van der Waals surface area contributed by atoms with Crippen LogP contribution >= 0.6 is 11.3 Å². The molecule has 4 atom stereocenters. The largest absolute Gasteiger partial charge is 0.507 e. The van der Waals surface area contributed by atoms with E-state index in [1.54, 1.807) is 23.5 Å². The second kappa shape index (κ2) is 20.1. The average Bonchev–Trinajstić information content (AvgIpc) is 4.15. The molecule has 17 heteroatoms. The lowest BCUT2D eigenvalue weighted by atomic mass is 9.91. The number of benzene rings is 2. The third-order valence-corrected chi connectivity index (χ3v) is 14.9. The summed E-state index contributed by atoms with van der Waals surface area (Å²) in [4.78, 5) is 40.0. The van der Waals surface area contributed by atoms with Gasteiger partial charge in [0.15, 0.2) is 22.9 Å². The SMILES string of the molecule is CCCNc1nn(C2CCN(CC3CCN(c4cc(C(C(=O)N5C[C@H](O)C[C@H]5C(=O)N[C@@H](C)c5ccc(-c6scnc6C)cc5)C(C)C)on4)CC3)CC2)c2cc(-c3ccccc3O)nnc12. The highest BCUT2D eigenvalue weighted by molar-refractivity contribution is 7.13. The van der Waals surface area contributed by atoms with Crippen molar-refractivity contribution in [3.05, 3.63) is 83.2 Å². The minimum Gasteiger partial charge on any atom is -0.507 e. The van der Waals surface area contributed by atoms with Gasteiger partial charge in [-0.15, -0.1) is 21.5 Å². The third kappa shape index (κ3) is 9.90. The summed E-state index contributed by atoms with van der Waals surface area (Å²) in [7, 11) is 0. The maximum Gasteiger partial charge on any atom is 0.243 e. The van der Waals surface area contributed by atoms with Crippen LogP contribution in [0.4, 0.5) is 11.6 Å². The van der Waals surface area contributed by atoms with Crippen molar-refractivity contribution in [2.24, 2.45) is 11.8 Å². The summed E-state index contributed by atoms with van der Waals surface area (Å²) >= 11 is 1.60. The lowest BCUT2D eigenvalue weighted by molar-refractivity contribution is -0.141. The van der Waals surface area contributed by atoms with Crippen LogP contribution in [0.1, 0.15) is 101 Å². The van der Waals surface area contributed by atoms with Crippen molar-refractivity contribution in [3.8, 4) is 27.4 Å². The first kappa shape index (κ1) is 46.2. The molecule has 3 fully saturated rings. The van der Waals surface area contributed by atoms with Gasteiger partial charge < -0.3 is 40.1 Å². The molecule has 2 aromatic carbocycles. The van der Waals surface area contributed by atoms with Gasteiger partial charge in [0.05, 0.1) is 45.5 Å². The molecule has 0 spiro atoms. The number of aryl methyl sites for hydroxylation is 1. The first-order valence-electron chi connectivity index (χ1n) is 24.0. The molecule has 4 aromatic heterocycles. The quantitative estimate of drug-likeness (QED) is 0.0790. The van der Waals surface area contributed by atoms with Crippen LogP contribution in [0.5, 0.6) is 5.75 Å². The molecule has 0 radical (unpaired) electrons. The molecule has 0 bridgehead atoms. The average molecular weight is 930 g/mol. The van der Waals surface area contributed by atoms with Gasteiger partial charge in [-0.2, -0.15) is 5.10 Å². The van der Waals surface area contributed by atoms with Gasteiger partial charge >= 0.3 is 0 Å². The van der Waals surface area contributed by atoms with E-state index in [-0.39, 0.29) is 48.5 Å². The minimum absolute atomic E-state index is 0.0815. The number of nitrogens with one attached hydrogen (secondary N) is 2. The number of aliphatic hydroxyl groups is 1. The van der Waals surface area contributed by atoms with Gasteiger partial charge in [-0.3, -0.25) is 14.3 Å². The molecule has 67 heavy (non-hydrogen) atoms. The molecule has 3 aliphatic heterocycles. The van der Waals surface area contributed by atoms with Crippen molar-refractivity contribution in [3.63, 3.8) is 0 Å². The van der Waals surface area contributed by atoms with Crippen LogP contribution in [0.3, 0.4) is 0 Å². The number of rotatable bonds is 15. The Morgan fingerprint density at radius 1 is 0.970 bits per heavy atom. The smallest absolute Gasteiger partial charge is 0.243 e. The topological polar surface area (TPSA) is 191 Å². The molecule has 3 aliphatic rings. The van der Waals surface area contributed by atoms with E-state index in [2.05, 4.69) is 52.4 Å². The van der Waals surface area contributed by atoms with E-state index >= 15 is 0 Å². The van der Waals surface area contributed by atoms with Gasteiger partial charge in [-0.25, -0.2) is 4.98 Å². The van der Waals surface area contributed by atoms with E-state index in [1.165, 1.54) is 4.90 Å². The van der Waals surface area contributed by atoms with E-state index in [0.717, 1.165) is 116 Å². The zero-order valence-corrected chi connectivity index (χ0v) is 40.0. The molecule has 2 amide bonds. The number of anilines is 2. The number of para-hydroxylation sites is 1. The first-order valence-corrected chi connectivity index (χ1v) is 24.8. The zero-order chi connectivity index (χ0) is 46.8. The second-order valence-corrected chi connectivity index (χ2v) is 19.8. The minimum atomic E-state index is -0.804. The predicted molar refractivity (Wildman–Crippen MR) is 260 cm³/mol. The van der Waals surface area contributed by atoms with E-state index in [4.69, 9.17) is 9.62 Å². The van der Waals surface area contributed by atoms with E-state index in [0.29, 0.717) is 22.9 Å². The van der Waals surface area contributed by atoms with Crippen LogP contribution in [0.25, 0.3) is 32.7 Å². The van der Waals surface area contributed by atoms with Gasteiger partial charge in [0.2, 0.25) is 11.8 Å². The number of aliphatic hydroxyl groups excluding tert-OH is 1. The number of amides is 2. The van der Waals surface area contributed by atoms with E-state index < -0.39 is 18.1 Å². The Morgan fingerprint density at radius 3 is 2.43 bits per heavy atom. The van der Waals surface area contributed by atoms with Crippen LogP contribution in [-0.2, 0) is 9.59 Å². The Morgan fingerprint density at radius 2 is 1.73 bits per heavy atom. The number of hydrogen-bond acceptors (Lipinski definition) is 14. The maximum atomic E-state index is 14.4. The summed E-state index contributed by atoms with van der Waals surface area (Å²) in [6, 6.07) is 18.3. The summed E-state index contributed by atoms with van der Waals surface area (Å²) in [6.45, 7) is 15.5. The molecular weight excluding hydrogens is 867 g/mol. The van der Waals surface area contributed by atoms with Crippen LogP contribution < -0.4 is 15.5 Å². The summed E-state index contributed by atoms with van der Waals surface area (Å²) in [5.74, 6) is 1.36. The molecule has 1 unspecified atom stereocenters. The van der Waals surface area contributed by atoms with Crippen LogP contribution in [0.15, 0.2) is 70.7 Å². The van der Waals surface area contributed by atoms with Crippen molar-refractivity contribution in [1.29, 1.82) is 0 Å². The van der Waals surface area contributed by atoms with Crippen molar-refractivity contribution in [1.82, 2.24) is 45.2 Å². The highest BCUT2D eigenvalue weighted by atomic mass is 32.1. The van der Waals surface area contributed by atoms with Crippen molar-refractivity contribution < 1.29 is 24.3 Å². The summed E-state index contributed by atoms with van der Waals surface area (Å²) in [5.41, 5.74) is 7.79. The Bertz CT molecular complexity index is 2650. The Hall–Kier alpha value is -5.91. The number of phenolic OH excluding ortho intramolecular Hbond substituents is 1. The predicted octanol–water partition coefficient (Wildman–Crippen LogP) is 7.57. The number of thiazole rings is 1. The number of β-amino-alcohol motifs (C(OH)–C–C–N with tert-alkyl or cyclic N) is 1. The van der Waals surface area contributed by atoms with E-state index in [9.17, 15) is 19.8 Å². The fourth-order valence-corrected chi connectivity index (χ4v) is 11.0. The van der Waals surface area contributed by atoms with Crippen LogP contribution in [0.2, 0.25) is 0 Å². The molecule has 4 N–H and O–H groups in total. The highest BCUT2D eigenvalue weighted by Gasteiger charge is 2.44. The Balaban J connectivity index is 0.786. The monoisotopic (exact) mass is 929 g/mol. The number of likely N-dealkylation sites (tertiary alicyclic amines) is 2. The van der Waals surface area contributed by atoms with Crippen molar-refractivity contribution in [2.75, 3.05) is 56.0 Å². The standard InChI is InChI=1S/C50H63N11O5S/c1-6-19-51-48-46-40(25-39(54-55-46)38-9-7-8-10-42(38)63)61(56-48)36-17-20-58(21-18-36)27-33-15-22-59(23-16-33)44-26-43(66-57-44)45(30(2)3)50(65)60-28-37(62)24-41(60)49(64)53-31(4)34-11-13-35(14-12-34)47-32(5)52-29-67-47/h7-14,25-26,29-31,33,36-37,41,45,62-63H,6,15-24,27-28H2,1-5H3,(H,51,56)(H,53,64)/t31-,37+,41-,45?/m0/s1. The maximum absolute atomic E-state index is 14.4. The number of aromatic hydroxyl groups is 1. The van der Waals surface area contributed by atoms with Crippen molar-refractivity contribution in [2.45, 2.75) is 103 Å². The number of carbonyl (C=O) groups excluding carboxylic acids is 2. The summed E-state index contributed by atoms with van der Waals surface area (Å²) in [5, 5.41) is 46.5. The number of aromatic nitrogens is 6. The molecule has 0 saturated carbocycles. The number of nitrogens with zero attached hydrogens (tertiary/aromatic N) is 9. The lowest BCUT2D eigenvalue weighted by Gasteiger charge is -2.37. The summed E-state index contributed by atoms with van der Waals surface area (Å²) < 4.78 is 8.07. The van der Waals surface area contributed by atoms with Gasteiger partial charge in [0, 0.05) is 63.9 Å². The molecule has 7 heterocycles. The fraction of sp³-hybridized carbons (Fsp3) is 0.500. The number of phenols is 1. The normalized spacial score (nSPS) is 19.6.